The molecule has 2 N–H and O–H groups in total. The molecule has 1 aliphatic rings. The van der Waals surface area contributed by atoms with Gasteiger partial charge in [0.05, 0.1) is 4.90 Å². The molecule has 2 atom stereocenters. The molecule has 2 aromatic rings. The van der Waals surface area contributed by atoms with Gasteiger partial charge in [-0.25, -0.2) is 13.1 Å². The van der Waals surface area contributed by atoms with E-state index in [2.05, 4.69) is 26.0 Å². The molecule has 1 fully saturated rings. The molecule has 0 saturated heterocycles. The summed E-state index contributed by atoms with van der Waals surface area (Å²) in [6, 6.07) is 14.9. The maximum Gasteiger partial charge on any atom is 0.240 e. The van der Waals surface area contributed by atoms with Gasteiger partial charge in [0.1, 0.15) is 0 Å². The van der Waals surface area contributed by atoms with Gasteiger partial charge in [-0.2, -0.15) is 0 Å². The molecule has 0 heterocycles. The van der Waals surface area contributed by atoms with E-state index in [0.29, 0.717) is 4.90 Å². The van der Waals surface area contributed by atoms with Crippen LogP contribution in [0.4, 0.5) is 5.69 Å². The van der Waals surface area contributed by atoms with Crippen molar-refractivity contribution >= 4 is 31.6 Å². The van der Waals surface area contributed by atoms with Crippen LogP contribution in [0.2, 0.25) is 0 Å². The van der Waals surface area contributed by atoms with Crippen LogP contribution in [0.3, 0.4) is 0 Å². The zero-order valence-electron chi connectivity index (χ0n) is 14.2. The topological polar surface area (TPSA) is 58.2 Å². The molecule has 0 spiro atoms. The fourth-order valence-electron chi connectivity index (χ4n) is 3.19. The van der Waals surface area contributed by atoms with Crippen LogP contribution in [0.15, 0.2) is 57.9 Å². The monoisotopic (exact) mass is 422 g/mol. The summed E-state index contributed by atoms with van der Waals surface area (Å²) >= 11 is 3.43. The first-order valence-corrected chi connectivity index (χ1v) is 10.8. The number of aryl methyl sites for hydroxylation is 1. The van der Waals surface area contributed by atoms with Gasteiger partial charge in [0.25, 0.3) is 0 Å². The second-order valence-electron chi connectivity index (χ2n) is 6.58. The van der Waals surface area contributed by atoms with E-state index in [-0.39, 0.29) is 12.1 Å². The molecule has 1 saturated carbocycles. The highest BCUT2D eigenvalue weighted by atomic mass is 79.9. The van der Waals surface area contributed by atoms with Crippen molar-refractivity contribution in [2.75, 3.05) is 5.32 Å². The summed E-state index contributed by atoms with van der Waals surface area (Å²) in [4.78, 5) is 0.325. The molecule has 6 heteroatoms. The first-order chi connectivity index (χ1) is 11.9. The molecule has 25 heavy (non-hydrogen) atoms. The van der Waals surface area contributed by atoms with Crippen LogP contribution in [0.25, 0.3) is 0 Å². The lowest BCUT2D eigenvalue weighted by Gasteiger charge is -2.33. The summed E-state index contributed by atoms with van der Waals surface area (Å²) in [5.74, 6) is 0. The van der Waals surface area contributed by atoms with Gasteiger partial charge in [-0.1, -0.05) is 46.5 Å². The third-order valence-corrected chi connectivity index (χ3v) is 6.63. The Morgan fingerprint density at radius 1 is 0.920 bits per heavy atom. The molecular formula is C19H23BrN2O2S. The first kappa shape index (κ1) is 18.4. The van der Waals surface area contributed by atoms with E-state index in [1.807, 2.05) is 43.3 Å². The van der Waals surface area contributed by atoms with Crippen molar-refractivity contribution in [1.29, 1.82) is 0 Å². The number of sulfonamides is 1. The number of nitrogens with one attached hydrogen (secondary N) is 2. The molecule has 3 rings (SSSR count). The number of rotatable bonds is 5. The summed E-state index contributed by atoms with van der Waals surface area (Å²) < 4.78 is 29.4. The van der Waals surface area contributed by atoms with Gasteiger partial charge in [0.15, 0.2) is 0 Å². The zero-order valence-corrected chi connectivity index (χ0v) is 16.6. The maximum absolute atomic E-state index is 12.7. The molecule has 1 aliphatic carbocycles. The van der Waals surface area contributed by atoms with E-state index in [4.69, 9.17) is 0 Å². The largest absolute Gasteiger partial charge is 0.381 e. The average molecular weight is 423 g/mol. The fourth-order valence-corrected chi connectivity index (χ4v) is 4.77. The van der Waals surface area contributed by atoms with Crippen LogP contribution < -0.4 is 10.0 Å². The lowest BCUT2D eigenvalue weighted by Crippen LogP contribution is -2.48. The molecular weight excluding hydrogens is 400 g/mol. The summed E-state index contributed by atoms with van der Waals surface area (Å²) in [5, 5.41) is 3.49. The number of halogens is 1. The minimum Gasteiger partial charge on any atom is -0.381 e. The van der Waals surface area contributed by atoms with Crippen LogP contribution in [-0.2, 0) is 10.0 Å². The SMILES string of the molecule is Cc1ccc(S(=O)(=O)N[C@@H]2CCCC[C@@H]2Nc2ccc(Br)cc2)cc1. The normalized spacial score (nSPS) is 21.0. The van der Waals surface area contributed by atoms with E-state index < -0.39 is 10.0 Å². The summed E-state index contributed by atoms with van der Waals surface area (Å²) in [6.07, 6.45) is 3.95. The number of benzene rings is 2. The van der Waals surface area contributed by atoms with Crippen LogP contribution in [0.1, 0.15) is 31.2 Å². The number of hydrogen-bond acceptors (Lipinski definition) is 3. The van der Waals surface area contributed by atoms with E-state index in [1.54, 1.807) is 12.1 Å². The van der Waals surface area contributed by atoms with Gasteiger partial charge in [-0.3, -0.25) is 0 Å². The van der Waals surface area contributed by atoms with Crippen molar-refractivity contribution in [2.24, 2.45) is 0 Å². The molecule has 2 aromatic carbocycles. The molecule has 0 radical (unpaired) electrons. The Labute approximate surface area is 158 Å². The molecule has 4 nitrogen and oxygen atoms in total. The predicted molar refractivity (Wildman–Crippen MR) is 105 cm³/mol. The van der Waals surface area contributed by atoms with Crippen LogP contribution >= 0.6 is 15.9 Å². The van der Waals surface area contributed by atoms with Crippen molar-refractivity contribution < 1.29 is 8.42 Å². The lowest BCUT2D eigenvalue weighted by atomic mass is 9.91. The minimum absolute atomic E-state index is 0.0927. The molecule has 0 unspecified atom stereocenters. The summed E-state index contributed by atoms with van der Waals surface area (Å²) in [6.45, 7) is 1.95. The average Bonchev–Trinajstić information content (AvgIpc) is 2.59. The Bertz CT molecular complexity index is 804. The Hall–Kier alpha value is -1.37. The maximum atomic E-state index is 12.7. The van der Waals surface area contributed by atoms with Crippen molar-refractivity contribution in [3.8, 4) is 0 Å². The third-order valence-electron chi connectivity index (χ3n) is 4.60. The Balaban J connectivity index is 1.74. The van der Waals surface area contributed by atoms with Gasteiger partial charge >= 0.3 is 0 Å². The molecule has 0 aromatic heterocycles. The van der Waals surface area contributed by atoms with Gasteiger partial charge in [-0.05, 0) is 56.2 Å². The fraction of sp³-hybridized carbons (Fsp3) is 0.368. The van der Waals surface area contributed by atoms with Crippen molar-refractivity contribution in [2.45, 2.75) is 49.6 Å². The van der Waals surface area contributed by atoms with Crippen molar-refractivity contribution in [3.05, 3.63) is 58.6 Å². The lowest BCUT2D eigenvalue weighted by molar-refractivity contribution is 0.378. The summed E-state index contributed by atoms with van der Waals surface area (Å²) in [5.41, 5.74) is 2.06. The van der Waals surface area contributed by atoms with E-state index >= 15 is 0 Å². The highest BCUT2D eigenvalue weighted by Gasteiger charge is 2.29. The Morgan fingerprint density at radius 2 is 1.52 bits per heavy atom. The number of hydrogen-bond donors (Lipinski definition) is 2. The van der Waals surface area contributed by atoms with E-state index in [9.17, 15) is 8.42 Å². The molecule has 0 aliphatic heterocycles. The van der Waals surface area contributed by atoms with Crippen LogP contribution in [0, 0.1) is 6.92 Å². The molecule has 0 amide bonds. The second kappa shape index (κ2) is 7.89. The smallest absolute Gasteiger partial charge is 0.240 e. The number of anilines is 1. The third kappa shape index (κ3) is 4.84. The van der Waals surface area contributed by atoms with Gasteiger partial charge < -0.3 is 5.32 Å². The molecule has 134 valence electrons. The first-order valence-electron chi connectivity index (χ1n) is 8.55. The van der Waals surface area contributed by atoms with Gasteiger partial charge in [0, 0.05) is 22.2 Å². The highest BCUT2D eigenvalue weighted by Crippen LogP contribution is 2.25. The minimum atomic E-state index is -3.51. The zero-order chi connectivity index (χ0) is 17.9. The quantitative estimate of drug-likeness (QED) is 0.747. The van der Waals surface area contributed by atoms with E-state index in [1.165, 1.54) is 0 Å². The summed E-state index contributed by atoms with van der Waals surface area (Å²) in [7, 11) is -3.51. The second-order valence-corrected chi connectivity index (χ2v) is 9.21. The highest BCUT2D eigenvalue weighted by molar-refractivity contribution is 9.10. The van der Waals surface area contributed by atoms with Crippen molar-refractivity contribution in [1.82, 2.24) is 4.72 Å². The predicted octanol–water partition coefficient (Wildman–Crippen LogP) is 4.46. The van der Waals surface area contributed by atoms with E-state index in [0.717, 1.165) is 41.4 Å². The Morgan fingerprint density at radius 3 is 2.16 bits per heavy atom. The van der Waals surface area contributed by atoms with Crippen molar-refractivity contribution in [3.63, 3.8) is 0 Å². The Kier molecular flexibility index (Phi) is 5.81. The van der Waals surface area contributed by atoms with Crippen LogP contribution in [0.5, 0.6) is 0 Å². The molecule has 0 bridgehead atoms. The van der Waals surface area contributed by atoms with Gasteiger partial charge in [-0.15, -0.1) is 0 Å². The standard InChI is InChI=1S/C19H23BrN2O2S/c1-14-6-12-17(13-7-14)25(23,24)22-19-5-3-2-4-18(19)21-16-10-8-15(20)9-11-16/h6-13,18-19,21-22H,2-5H2,1H3/t18-,19+/m0/s1. The van der Waals surface area contributed by atoms with Gasteiger partial charge in [0.2, 0.25) is 10.0 Å². The van der Waals surface area contributed by atoms with Crippen LogP contribution in [-0.4, -0.2) is 20.5 Å².